The first-order valence-electron chi connectivity index (χ1n) is 6.62. The first kappa shape index (κ1) is 13.5. The van der Waals surface area contributed by atoms with Crippen LogP contribution in [0, 0.1) is 22.0 Å². The molecule has 1 heterocycles. The topological polar surface area (TPSA) is 61.6 Å². The normalized spacial score (nSPS) is 40.7. The van der Waals surface area contributed by atoms with Crippen LogP contribution in [-0.4, -0.2) is 30.0 Å². The van der Waals surface area contributed by atoms with E-state index in [1.165, 1.54) is 0 Å². The standard InChI is InChI=1S/C13H21NO4/c1-3-13(14(15)16)8-17-12(18-9-13)11-7-5-4-6-10(11)2/h4-5,10-12H,3,6-9H2,1-2H3/t10-,11+,12?,13?/m0/s1. The van der Waals surface area contributed by atoms with Crippen molar-refractivity contribution in [3.05, 3.63) is 22.3 Å². The van der Waals surface area contributed by atoms with Gasteiger partial charge in [-0.2, -0.15) is 0 Å². The van der Waals surface area contributed by atoms with Crippen molar-refractivity contribution >= 4 is 0 Å². The molecule has 0 bridgehead atoms. The molecule has 0 spiro atoms. The third-order valence-corrected chi connectivity index (χ3v) is 4.24. The molecule has 18 heavy (non-hydrogen) atoms. The van der Waals surface area contributed by atoms with Crippen LogP contribution in [0.5, 0.6) is 0 Å². The first-order chi connectivity index (χ1) is 8.59. The molecular weight excluding hydrogens is 234 g/mol. The number of rotatable bonds is 3. The van der Waals surface area contributed by atoms with Crippen molar-refractivity contribution in [1.29, 1.82) is 0 Å². The van der Waals surface area contributed by atoms with Crippen molar-refractivity contribution in [3.8, 4) is 0 Å². The minimum atomic E-state index is -1.05. The van der Waals surface area contributed by atoms with Gasteiger partial charge in [0.15, 0.2) is 6.29 Å². The Hall–Kier alpha value is -0.940. The van der Waals surface area contributed by atoms with Crippen LogP contribution in [0.25, 0.3) is 0 Å². The molecule has 2 rings (SSSR count). The lowest BCUT2D eigenvalue weighted by atomic mass is 9.83. The highest BCUT2D eigenvalue weighted by atomic mass is 16.7. The van der Waals surface area contributed by atoms with Gasteiger partial charge in [0.25, 0.3) is 5.54 Å². The van der Waals surface area contributed by atoms with Gasteiger partial charge in [0.2, 0.25) is 0 Å². The molecule has 0 amide bonds. The van der Waals surface area contributed by atoms with Crippen molar-refractivity contribution in [2.45, 2.75) is 44.9 Å². The summed E-state index contributed by atoms with van der Waals surface area (Å²) in [5, 5.41) is 11.1. The van der Waals surface area contributed by atoms with Crippen LogP contribution in [0.3, 0.4) is 0 Å². The molecule has 2 aliphatic rings. The van der Waals surface area contributed by atoms with Gasteiger partial charge in [0.1, 0.15) is 13.2 Å². The van der Waals surface area contributed by atoms with Gasteiger partial charge in [-0.05, 0) is 18.8 Å². The summed E-state index contributed by atoms with van der Waals surface area (Å²) in [4.78, 5) is 10.8. The molecule has 0 N–H and O–H groups in total. The zero-order valence-electron chi connectivity index (χ0n) is 11.0. The van der Waals surface area contributed by atoms with Crippen LogP contribution < -0.4 is 0 Å². The third kappa shape index (κ3) is 2.42. The summed E-state index contributed by atoms with van der Waals surface area (Å²) in [5.74, 6) is 0.821. The van der Waals surface area contributed by atoms with Crippen LogP contribution in [0.15, 0.2) is 12.2 Å². The summed E-state index contributed by atoms with van der Waals surface area (Å²) in [6.45, 7) is 4.31. The predicted molar refractivity (Wildman–Crippen MR) is 66.7 cm³/mol. The van der Waals surface area contributed by atoms with Crippen LogP contribution in [0.4, 0.5) is 0 Å². The smallest absolute Gasteiger partial charge is 0.267 e. The number of ether oxygens (including phenoxy) is 2. The summed E-state index contributed by atoms with van der Waals surface area (Å²) in [6.07, 6.45) is 6.44. The average molecular weight is 255 g/mol. The van der Waals surface area contributed by atoms with Gasteiger partial charge >= 0.3 is 0 Å². The summed E-state index contributed by atoms with van der Waals surface area (Å²) < 4.78 is 11.3. The van der Waals surface area contributed by atoms with E-state index >= 15 is 0 Å². The van der Waals surface area contributed by atoms with E-state index < -0.39 is 5.54 Å². The molecular formula is C13H21NO4. The molecule has 5 heteroatoms. The van der Waals surface area contributed by atoms with E-state index in [9.17, 15) is 10.1 Å². The molecule has 0 radical (unpaired) electrons. The minimum Gasteiger partial charge on any atom is -0.345 e. The van der Waals surface area contributed by atoms with Crippen molar-refractivity contribution in [2.24, 2.45) is 11.8 Å². The molecule has 1 fully saturated rings. The van der Waals surface area contributed by atoms with E-state index in [4.69, 9.17) is 9.47 Å². The average Bonchev–Trinajstić information content (AvgIpc) is 2.39. The minimum absolute atomic E-state index is 0.161. The number of nitro groups is 1. The zero-order valence-corrected chi connectivity index (χ0v) is 11.0. The van der Waals surface area contributed by atoms with Crippen LogP contribution in [0.1, 0.15) is 33.1 Å². The van der Waals surface area contributed by atoms with Gasteiger partial charge in [-0.1, -0.05) is 26.0 Å². The Morgan fingerprint density at radius 2 is 1.94 bits per heavy atom. The zero-order chi connectivity index (χ0) is 13.2. The second-order valence-corrected chi connectivity index (χ2v) is 5.41. The third-order valence-electron chi connectivity index (χ3n) is 4.24. The molecule has 0 aromatic rings. The molecule has 1 aliphatic heterocycles. The first-order valence-corrected chi connectivity index (χ1v) is 6.62. The molecule has 102 valence electrons. The Kier molecular flexibility index (Phi) is 4.02. The number of hydrogen-bond acceptors (Lipinski definition) is 4. The lowest BCUT2D eigenvalue weighted by molar-refractivity contribution is -0.593. The van der Waals surface area contributed by atoms with Gasteiger partial charge in [-0.3, -0.25) is 10.1 Å². The Labute approximate surface area is 107 Å². The quantitative estimate of drug-likeness (QED) is 0.441. The Bertz CT molecular complexity index is 334. The molecule has 0 aromatic carbocycles. The van der Waals surface area contributed by atoms with Gasteiger partial charge in [-0.15, -0.1) is 0 Å². The Balaban J connectivity index is 1.97. The maximum Gasteiger partial charge on any atom is 0.267 e. The van der Waals surface area contributed by atoms with E-state index in [-0.39, 0.29) is 24.4 Å². The Morgan fingerprint density at radius 3 is 2.44 bits per heavy atom. The molecule has 0 aromatic heterocycles. The summed E-state index contributed by atoms with van der Waals surface area (Å²) in [5.41, 5.74) is -1.05. The van der Waals surface area contributed by atoms with Crippen molar-refractivity contribution < 1.29 is 14.4 Å². The largest absolute Gasteiger partial charge is 0.345 e. The van der Waals surface area contributed by atoms with Crippen molar-refractivity contribution in [2.75, 3.05) is 13.2 Å². The van der Waals surface area contributed by atoms with Crippen molar-refractivity contribution in [3.63, 3.8) is 0 Å². The van der Waals surface area contributed by atoms with Crippen LogP contribution in [0.2, 0.25) is 0 Å². The van der Waals surface area contributed by atoms with E-state index in [0.717, 1.165) is 12.8 Å². The second-order valence-electron chi connectivity index (χ2n) is 5.41. The van der Waals surface area contributed by atoms with Crippen LogP contribution in [-0.2, 0) is 9.47 Å². The fourth-order valence-electron chi connectivity index (χ4n) is 2.60. The molecule has 1 saturated heterocycles. The number of nitrogens with zero attached hydrogens (tertiary/aromatic N) is 1. The monoisotopic (exact) mass is 255 g/mol. The van der Waals surface area contributed by atoms with Crippen molar-refractivity contribution in [1.82, 2.24) is 0 Å². The van der Waals surface area contributed by atoms with E-state index in [2.05, 4.69) is 19.1 Å². The molecule has 0 unspecified atom stereocenters. The number of hydrogen-bond donors (Lipinski definition) is 0. The fourth-order valence-corrected chi connectivity index (χ4v) is 2.60. The lowest BCUT2D eigenvalue weighted by Gasteiger charge is -2.39. The van der Waals surface area contributed by atoms with E-state index in [1.54, 1.807) is 0 Å². The maximum atomic E-state index is 11.1. The Morgan fingerprint density at radius 1 is 1.33 bits per heavy atom. The van der Waals surface area contributed by atoms with E-state index in [1.807, 2.05) is 6.92 Å². The number of allylic oxidation sites excluding steroid dienone is 2. The highest BCUT2D eigenvalue weighted by Crippen LogP contribution is 2.34. The highest BCUT2D eigenvalue weighted by molar-refractivity contribution is 4.95. The molecule has 5 nitrogen and oxygen atoms in total. The van der Waals surface area contributed by atoms with E-state index in [0.29, 0.717) is 18.3 Å². The van der Waals surface area contributed by atoms with Gasteiger partial charge < -0.3 is 9.47 Å². The summed E-state index contributed by atoms with van der Waals surface area (Å²) >= 11 is 0. The van der Waals surface area contributed by atoms with Gasteiger partial charge in [0.05, 0.1) is 0 Å². The predicted octanol–water partition coefficient (Wildman–Crippen LogP) is 2.39. The molecule has 1 aliphatic carbocycles. The van der Waals surface area contributed by atoms with Gasteiger partial charge in [0, 0.05) is 17.3 Å². The van der Waals surface area contributed by atoms with Crippen LogP contribution >= 0.6 is 0 Å². The highest BCUT2D eigenvalue weighted by Gasteiger charge is 2.48. The second kappa shape index (κ2) is 5.36. The maximum absolute atomic E-state index is 11.1. The molecule has 0 saturated carbocycles. The fraction of sp³-hybridized carbons (Fsp3) is 0.846. The van der Waals surface area contributed by atoms with Gasteiger partial charge in [-0.25, -0.2) is 0 Å². The molecule has 2 atom stereocenters. The SMILES string of the molecule is CCC1([N+](=O)[O-])COC([C@@H]2CC=CC[C@@H]2C)OC1. The summed E-state index contributed by atoms with van der Waals surface area (Å²) in [7, 11) is 0. The lowest BCUT2D eigenvalue weighted by Crippen LogP contribution is -2.54. The summed E-state index contributed by atoms with van der Waals surface area (Å²) in [6, 6.07) is 0.